The molecule has 0 bridgehead atoms. The number of hydrogen-bond acceptors (Lipinski definition) is 7. The normalized spacial score (nSPS) is 24.5. The summed E-state index contributed by atoms with van der Waals surface area (Å²) in [6.45, 7) is 0. The van der Waals surface area contributed by atoms with Crippen molar-refractivity contribution in [1.82, 2.24) is 5.32 Å². The van der Waals surface area contributed by atoms with Gasteiger partial charge in [0.2, 0.25) is 5.91 Å². The lowest BCUT2D eigenvalue weighted by atomic mass is 9.83. The highest BCUT2D eigenvalue weighted by atomic mass is 32.2. The molecule has 15 heteroatoms. The number of carboxylic acid groups (broad SMARTS) is 1. The SMILES string of the molecule is COc1cc(F)c(OC2CCC(C(=O)O)CC2)cc1C(=O)NC1C(S)CCCC1C(=O)Nc1cccc(S(=O)C(F)(F)F)c1. The number of rotatable bonds is 9. The first-order chi connectivity index (χ1) is 20.8. The Labute approximate surface area is 258 Å². The standard InChI is InChI=1S/C29H32F4N2O7S2/c1-41-22-14-21(30)23(42-17-10-8-15(9-11-17)28(38)39)13-20(22)27(37)35-25-19(6-3-7-24(25)43)26(36)34-16-4-2-5-18(12-16)44(40)29(31,32)33/h2,4-5,12-15,17,19,24-25,43H,3,6-11H2,1H3,(H,34,36)(H,35,37)(H,38,39). The number of methoxy groups -OCH3 is 1. The molecule has 9 nitrogen and oxygen atoms in total. The first-order valence-electron chi connectivity index (χ1n) is 13.9. The van der Waals surface area contributed by atoms with Crippen LogP contribution in [0.1, 0.15) is 55.3 Å². The molecular formula is C29H32F4N2O7S2. The van der Waals surface area contributed by atoms with E-state index in [0.717, 1.165) is 18.2 Å². The van der Waals surface area contributed by atoms with Gasteiger partial charge in [-0.1, -0.05) is 12.5 Å². The second-order valence-electron chi connectivity index (χ2n) is 10.7. The minimum Gasteiger partial charge on any atom is -0.496 e. The monoisotopic (exact) mass is 660 g/mol. The van der Waals surface area contributed by atoms with Crippen molar-refractivity contribution in [2.24, 2.45) is 11.8 Å². The third kappa shape index (κ3) is 8.03. The molecule has 2 amide bonds. The topological polar surface area (TPSA) is 131 Å². The summed E-state index contributed by atoms with van der Waals surface area (Å²) in [5.74, 6) is -4.51. The van der Waals surface area contributed by atoms with Gasteiger partial charge in [0.05, 0.1) is 36.7 Å². The number of carbonyl (C=O) groups is 3. The molecule has 2 aromatic carbocycles. The van der Waals surface area contributed by atoms with Gasteiger partial charge in [-0.3, -0.25) is 14.4 Å². The summed E-state index contributed by atoms with van der Waals surface area (Å²) in [6.07, 6.45) is 2.62. The van der Waals surface area contributed by atoms with Gasteiger partial charge >= 0.3 is 11.5 Å². The smallest absolute Gasteiger partial charge is 0.475 e. The molecule has 2 aliphatic carbocycles. The molecule has 2 fully saturated rings. The molecule has 4 rings (SSSR count). The van der Waals surface area contributed by atoms with Crippen LogP contribution in [0, 0.1) is 17.7 Å². The molecule has 0 saturated heterocycles. The molecule has 2 aliphatic rings. The number of anilines is 1. The molecule has 0 spiro atoms. The van der Waals surface area contributed by atoms with E-state index in [1.165, 1.54) is 25.3 Å². The van der Waals surface area contributed by atoms with Crippen LogP contribution in [0.3, 0.4) is 0 Å². The van der Waals surface area contributed by atoms with Crippen LogP contribution >= 0.6 is 12.6 Å². The maximum absolute atomic E-state index is 14.9. The predicted molar refractivity (Wildman–Crippen MR) is 156 cm³/mol. The fraction of sp³-hybridized carbons (Fsp3) is 0.483. The predicted octanol–water partition coefficient (Wildman–Crippen LogP) is 5.32. The van der Waals surface area contributed by atoms with Crippen LogP contribution in [-0.4, -0.2) is 57.1 Å². The van der Waals surface area contributed by atoms with E-state index in [4.69, 9.17) is 9.47 Å². The number of alkyl halides is 3. The van der Waals surface area contributed by atoms with E-state index in [-0.39, 0.29) is 22.7 Å². The number of carbonyl (C=O) groups excluding carboxylic acids is 2. The Morgan fingerprint density at radius 3 is 2.36 bits per heavy atom. The summed E-state index contributed by atoms with van der Waals surface area (Å²) in [5.41, 5.74) is -5.01. The number of nitrogens with one attached hydrogen (secondary N) is 2. The Bertz CT molecular complexity index is 1420. The van der Waals surface area contributed by atoms with Crippen LogP contribution in [0.5, 0.6) is 11.5 Å². The van der Waals surface area contributed by atoms with Crippen molar-refractivity contribution in [1.29, 1.82) is 0 Å². The maximum atomic E-state index is 14.9. The zero-order valence-corrected chi connectivity index (χ0v) is 25.3. The second kappa shape index (κ2) is 14.2. The summed E-state index contributed by atoms with van der Waals surface area (Å²) in [5, 5.41) is 14.1. The van der Waals surface area contributed by atoms with Gasteiger partial charge in [0.15, 0.2) is 22.4 Å². The first-order valence-corrected chi connectivity index (χ1v) is 15.6. The molecule has 4 atom stereocenters. The summed E-state index contributed by atoms with van der Waals surface area (Å²) in [7, 11) is -2.02. The molecule has 2 aromatic rings. The lowest BCUT2D eigenvalue weighted by molar-refractivity contribution is -0.143. The molecule has 3 N–H and O–H groups in total. The molecule has 240 valence electrons. The van der Waals surface area contributed by atoms with Crippen molar-refractivity contribution in [2.75, 3.05) is 12.4 Å². The number of amides is 2. The first kappa shape index (κ1) is 33.6. The summed E-state index contributed by atoms with van der Waals surface area (Å²) in [6, 6.07) is 6.03. The second-order valence-corrected chi connectivity index (χ2v) is 12.9. The van der Waals surface area contributed by atoms with Crippen LogP contribution in [-0.2, 0) is 20.4 Å². The van der Waals surface area contributed by atoms with Crippen molar-refractivity contribution in [3.8, 4) is 11.5 Å². The zero-order chi connectivity index (χ0) is 32.2. The van der Waals surface area contributed by atoms with Gasteiger partial charge in [0.25, 0.3) is 5.91 Å². The molecule has 0 aliphatic heterocycles. The lowest BCUT2D eigenvalue weighted by Gasteiger charge is -2.35. The van der Waals surface area contributed by atoms with Crippen LogP contribution < -0.4 is 20.1 Å². The van der Waals surface area contributed by atoms with Crippen molar-refractivity contribution in [3.05, 3.63) is 47.8 Å². The zero-order valence-electron chi connectivity index (χ0n) is 23.6. The molecule has 44 heavy (non-hydrogen) atoms. The minimum atomic E-state index is -4.97. The average molecular weight is 661 g/mol. The van der Waals surface area contributed by atoms with E-state index in [1.54, 1.807) is 0 Å². The third-order valence-corrected chi connectivity index (χ3v) is 9.52. The number of hydrogen-bond donors (Lipinski definition) is 4. The maximum Gasteiger partial charge on any atom is 0.475 e. The van der Waals surface area contributed by atoms with Gasteiger partial charge in [-0.05, 0) is 62.8 Å². The number of halogens is 4. The fourth-order valence-corrected chi connectivity index (χ4v) is 6.70. The number of benzene rings is 2. The number of carboxylic acids is 1. The van der Waals surface area contributed by atoms with Crippen molar-refractivity contribution in [2.45, 2.75) is 72.7 Å². The fourth-order valence-electron chi connectivity index (χ4n) is 5.53. The molecule has 2 saturated carbocycles. The third-order valence-electron chi connectivity index (χ3n) is 7.84. The molecule has 4 unspecified atom stereocenters. The van der Waals surface area contributed by atoms with E-state index >= 15 is 0 Å². The largest absolute Gasteiger partial charge is 0.496 e. The van der Waals surface area contributed by atoms with Crippen molar-refractivity contribution < 1.29 is 50.7 Å². The highest BCUT2D eigenvalue weighted by Crippen LogP contribution is 2.35. The van der Waals surface area contributed by atoms with Gasteiger partial charge in [0.1, 0.15) is 5.75 Å². The summed E-state index contributed by atoms with van der Waals surface area (Å²) < 4.78 is 76.5. The number of aliphatic carboxylic acids is 1. The van der Waals surface area contributed by atoms with Gasteiger partial charge < -0.3 is 25.2 Å². The Balaban J connectivity index is 1.50. The average Bonchev–Trinajstić information content (AvgIpc) is 2.98. The van der Waals surface area contributed by atoms with Crippen LogP contribution in [0.2, 0.25) is 0 Å². The summed E-state index contributed by atoms with van der Waals surface area (Å²) >= 11 is 4.58. The molecule has 0 aromatic heterocycles. The highest BCUT2D eigenvalue weighted by molar-refractivity contribution is 7.86. The van der Waals surface area contributed by atoms with Crippen LogP contribution in [0.4, 0.5) is 23.2 Å². The van der Waals surface area contributed by atoms with Crippen LogP contribution in [0.15, 0.2) is 41.3 Å². The van der Waals surface area contributed by atoms with Gasteiger partial charge in [-0.15, -0.1) is 0 Å². The van der Waals surface area contributed by atoms with E-state index < -0.39 is 74.0 Å². The molecular weight excluding hydrogens is 628 g/mol. The Kier molecular flexibility index (Phi) is 10.8. The molecule has 0 heterocycles. The van der Waals surface area contributed by atoms with Gasteiger partial charge in [0, 0.05) is 21.9 Å². The van der Waals surface area contributed by atoms with Crippen molar-refractivity contribution in [3.63, 3.8) is 0 Å². The Morgan fingerprint density at radius 2 is 1.73 bits per heavy atom. The number of ether oxygens (including phenoxy) is 2. The van der Waals surface area contributed by atoms with Crippen molar-refractivity contribution >= 4 is 46.9 Å². The van der Waals surface area contributed by atoms with E-state index in [9.17, 15) is 41.3 Å². The Morgan fingerprint density at radius 1 is 1.02 bits per heavy atom. The Hall–Kier alpha value is -3.33. The van der Waals surface area contributed by atoms with E-state index in [0.29, 0.717) is 44.9 Å². The molecule has 0 radical (unpaired) electrons. The quantitative estimate of drug-likeness (QED) is 0.212. The van der Waals surface area contributed by atoms with Crippen LogP contribution in [0.25, 0.3) is 0 Å². The highest BCUT2D eigenvalue weighted by Gasteiger charge is 2.39. The van der Waals surface area contributed by atoms with E-state index in [2.05, 4.69) is 23.3 Å². The minimum absolute atomic E-state index is 0.0100. The van der Waals surface area contributed by atoms with Gasteiger partial charge in [-0.25, -0.2) is 8.60 Å². The van der Waals surface area contributed by atoms with Gasteiger partial charge in [-0.2, -0.15) is 25.8 Å². The summed E-state index contributed by atoms with van der Waals surface area (Å²) in [4.78, 5) is 37.5. The number of thiol groups is 1. The van der Waals surface area contributed by atoms with E-state index in [1.807, 2.05) is 0 Å². The lowest BCUT2D eigenvalue weighted by Crippen LogP contribution is -2.52.